The second-order valence-corrected chi connectivity index (χ2v) is 4.90. The van der Waals surface area contributed by atoms with Gasteiger partial charge in [0.2, 0.25) is 8.60 Å². The molecule has 0 aliphatic heterocycles. The fourth-order valence-corrected chi connectivity index (χ4v) is 2.17. The van der Waals surface area contributed by atoms with Crippen LogP contribution in [0.4, 0.5) is 9.59 Å². The van der Waals surface area contributed by atoms with Gasteiger partial charge in [0.1, 0.15) is 5.75 Å². The number of hydrogen-bond donors (Lipinski definition) is 2. The zero-order chi connectivity index (χ0) is 12.0. The van der Waals surface area contributed by atoms with Crippen molar-refractivity contribution in [2.24, 2.45) is 4.52 Å². The molecule has 84 valence electrons. The molecule has 0 unspecified atom stereocenters. The van der Waals surface area contributed by atoms with Crippen molar-refractivity contribution in [3.8, 4) is 5.75 Å². The van der Waals surface area contributed by atoms with Crippen molar-refractivity contribution >= 4 is 28.1 Å². The average molecular weight is 259 g/mol. The van der Waals surface area contributed by atoms with E-state index in [2.05, 4.69) is 4.52 Å². The van der Waals surface area contributed by atoms with Gasteiger partial charge >= 0.3 is 11.4 Å². The Morgan fingerprint density at radius 1 is 1.19 bits per heavy atom. The molecule has 2 N–H and O–H groups in total. The number of benzene rings is 1. The van der Waals surface area contributed by atoms with E-state index in [1.165, 1.54) is 0 Å². The lowest BCUT2D eigenvalue weighted by atomic mass is 10.3. The van der Waals surface area contributed by atoms with Gasteiger partial charge in [0.15, 0.2) is 0 Å². The lowest BCUT2D eigenvalue weighted by Gasteiger charge is -1.99. The maximum atomic E-state index is 10.5. The summed E-state index contributed by atoms with van der Waals surface area (Å²) in [5.74, 6) is 0.499. The van der Waals surface area contributed by atoms with Gasteiger partial charge in [0, 0.05) is 0 Å². The zero-order valence-corrected chi connectivity index (χ0v) is 9.64. The Balaban J connectivity index is 2.60. The second-order valence-electron chi connectivity index (χ2n) is 2.45. The minimum Gasteiger partial charge on any atom is -0.476 e. The third-order valence-electron chi connectivity index (χ3n) is 1.38. The third-order valence-corrected chi connectivity index (χ3v) is 3.40. The van der Waals surface area contributed by atoms with E-state index < -0.39 is 19.5 Å². The predicted molar refractivity (Wildman–Crippen MR) is 59.4 cm³/mol. The van der Waals surface area contributed by atoms with Crippen LogP contribution in [0, 0.1) is 0 Å². The maximum absolute atomic E-state index is 10.5. The van der Waals surface area contributed by atoms with Crippen LogP contribution in [0.1, 0.15) is 0 Å². The molecule has 0 radical (unpaired) electrons. The van der Waals surface area contributed by atoms with E-state index in [1.807, 2.05) is 0 Å². The van der Waals surface area contributed by atoms with Gasteiger partial charge in [0.05, 0.1) is 0 Å². The number of hydrogen-bond acceptors (Lipinski definition) is 4. The van der Waals surface area contributed by atoms with Crippen LogP contribution in [-0.2, 0) is 0 Å². The number of nitrogens with zero attached hydrogens (tertiary/aromatic N) is 1. The smallest absolute Gasteiger partial charge is 0.359 e. The van der Waals surface area contributed by atoms with E-state index in [0.29, 0.717) is 5.75 Å². The topological polar surface area (TPSA) is 96.2 Å². The van der Waals surface area contributed by atoms with Crippen molar-refractivity contribution in [2.75, 3.05) is 0 Å². The Morgan fingerprint density at radius 3 is 2.25 bits per heavy atom. The van der Waals surface area contributed by atoms with E-state index >= 15 is 0 Å². The van der Waals surface area contributed by atoms with Gasteiger partial charge < -0.3 is 14.7 Å². The summed E-state index contributed by atoms with van der Waals surface area (Å²) in [5, 5.41) is 17.1. The summed E-state index contributed by atoms with van der Waals surface area (Å²) in [7, 11) is -2.49. The van der Waals surface area contributed by atoms with Crippen molar-refractivity contribution in [2.45, 2.75) is 0 Å². The molecule has 0 aliphatic rings. The van der Waals surface area contributed by atoms with Gasteiger partial charge in [-0.3, -0.25) is 0 Å². The minimum atomic E-state index is -2.45. The first kappa shape index (κ1) is 12.6. The highest BCUT2D eigenvalue weighted by atomic mass is 31.2. The molecule has 0 fully saturated rings. The van der Waals surface area contributed by atoms with Gasteiger partial charge in [0.25, 0.3) is 8.07 Å². The van der Waals surface area contributed by atoms with E-state index in [-0.39, 0.29) is 8.60 Å². The molecule has 16 heavy (non-hydrogen) atoms. The summed E-state index contributed by atoms with van der Waals surface area (Å²) in [6.45, 7) is 0. The molecular weight excluding hydrogens is 252 g/mol. The SMILES string of the molecule is O=C(O)P(N=POc1ccccc1)C(=O)O. The minimum absolute atomic E-state index is 0.0345. The molecule has 0 saturated heterocycles. The fourth-order valence-electron chi connectivity index (χ4n) is 0.742. The van der Waals surface area contributed by atoms with Crippen molar-refractivity contribution in [3.05, 3.63) is 30.3 Å². The molecule has 0 aliphatic carbocycles. The summed E-state index contributed by atoms with van der Waals surface area (Å²) < 4.78 is 8.47. The second kappa shape index (κ2) is 6.16. The Labute approximate surface area is 93.6 Å². The first-order valence-electron chi connectivity index (χ1n) is 4.00. The summed E-state index contributed by atoms with van der Waals surface area (Å²) in [4.78, 5) is 21.0. The Morgan fingerprint density at radius 2 is 1.75 bits per heavy atom. The predicted octanol–water partition coefficient (Wildman–Crippen LogP) is 3.86. The third kappa shape index (κ3) is 3.93. The number of carboxylic acid groups (broad SMARTS) is 2. The van der Waals surface area contributed by atoms with Crippen LogP contribution in [-0.4, -0.2) is 21.6 Å². The van der Waals surface area contributed by atoms with Crippen LogP contribution in [0.3, 0.4) is 0 Å². The molecule has 1 aromatic carbocycles. The summed E-state index contributed by atoms with van der Waals surface area (Å²) in [5.41, 5.74) is -2.90. The molecule has 8 heteroatoms. The molecule has 1 rings (SSSR count). The monoisotopic (exact) mass is 259 g/mol. The molecule has 0 heterocycles. The molecule has 0 bridgehead atoms. The fraction of sp³-hybridized carbons (Fsp3) is 0. The van der Waals surface area contributed by atoms with Crippen LogP contribution < -0.4 is 4.52 Å². The highest BCUT2D eigenvalue weighted by molar-refractivity contribution is 7.88. The van der Waals surface area contributed by atoms with Crippen LogP contribution >= 0.6 is 16.7 Å². The van der Waals surface area contributed by atoms with Crippen LogP contribution in [0.2, 0.25) is 0 Å². The van der Waals surface area contributed by atoms with Gasteiger partial charge in [-0.2, -0.15) is 4.52 Å². The van der Waals surface area contributed by atoms with Crippen LogP contribution in [0.5, 0.6) is 5.75 Å². The highest BCUT2D eigenvalue weighted by Crippen LogP contribution is 2.41. The van der Waals surface area contributed by atoms with E-state index in [9.17, 15) is 9.59 Å². The van der Waals surface area contributed by atoms with Crippen molar-refractivity contribution < 1.29 is 24.3 Å². The quantitative estimate of drug-likeness (QED) is 0.782. The summed E-state index contributed by atoms with van der Waals surface area (Å²) >= 11 is 0. The normalized spacial score (nSPS) is 10.6. The average Bonchev–Trinajstić information content (AvgIpc) is 2.24. The molecule has 0 atom stereocenters. The van der Waals surface area contributed by atoms with Gasteiger partial charge in [-0.1, -0.05) is 18.2 Å². The van der Waals surface area contributed by atoms with E-state index in [1.54, 1.807) is 30.3 Å². The summed E-state index contributed by atoms with van der Waals surface area (Å²) in [6.07, 6.45) is 0. The van der Waals surface area contributed by atoms with Crippen molar-refractivity contribution in [3.63, 3.8) is 0 Å². The van der Waals surface area contributed by atoms with Crippen LogP contribution in [0.15, 0.2) is 34.8 Å². The number of para-hydroxylation sites is 1. The standard InChI is InChI=1S/C8H7NO5P2/c10-7(11)16(8(12)13)9-15-14-6-4-2-1-3-5-6/h1-5H,(H,10,11)(H,12,13). The molecule has 6 nitrogen and oxygen atoms in total. The number of carbonyl (C=O) groups is 2. The molecule has 0 saturated carbocycles. The van der Waals surface area contributed by atoms with Crippen LogP contribution in [0.25, 0.3) is 0 Å². The maximum Gasteiger partial charge on any atom is 0.359 e. The zero-order valence-electron chi connectivity index (χ0n) is 7.85. The summed E-state index contributed by atoms with van der Waals surface area (Å²) in [6, 6.07) is 8.59. The largest absolute Gasteiger partial charge is 0.476 e. The molecular formula is C8H7NO5P2. The molecule has 0 amide bonds. The molecule has 0 aromatic heterocycles. The first-order valence-corrected chi connectivity index (χ1v) is 6.06. The van der Waals surface area contributed by atoms with E-state index in [4.69, 9.17) is 14.7 Å². The van der Waals surface area contributed by atoms with Gasteiger partial charge in [-0.15, -0.1) is 0 Å². The van der Waals surface area contributed by atoms with Crippen molar-refractivity contribution in [1.29, 1.82) is 0 Å². The van der Waals surface area contributed by atoms with E-state index in [0.717, 1.165) is 0 Å². The Hall–Kier alpha value is -1.51. The number of rotatable bonds is 5. The van der Waals surface area contributed by atoms with Gasteiger partial charge in [-0.25, -0.2) is 9.59 Å². The highest BCUT2D eigenvalue weighted by Gasteiger charge is 2.25. The lowest BCUT2D eigenvalue weighted by Crippen LogP contribution is -1.96. The molecule has 0 spiro atoms. The van der Waals surface area contributed by atoms with Gasteiger partial charge in [-0.05, 0) is 12.1 Å². The Kier molecular flexibility index (Phi) is 4.83. The Bertz CT molecular complexity index is 394. The lowest BCUT2D eigenvalue weighted by molar-refractivity contribution is 0.215. The first-order chi connectivity index (χ1) is 7.61. The molecule has 1 aromatic rings. The van der Waals surface area contributed by atoms with Crippen molar-refractivity contribution in [1.82, 2.24) is 0 Å².